The summed E-state index contributed by atoms with van der Waals surface area (Å²) < 4.78 is 21.8. The van der Waals surface area contributed by atoms with E-state index in [9.17, 15) is 8.42 Å². The molecule has 15 heavy (non-hydrogen) atoms. The molecule has 0 rings (SSSR count). The third-order valence-corrected chi connectivity index (χ3v) is 3.43. The molecule has 0 amide bonds. The molecule has 0 aliphatic carbocycles. The molecule has 0 saturated carbocycles. The van der Waals surface area contributed by atoms with Crippen LogP contribution < -0.4 is 5.32 Å². The maximum absolute atomic E-state index is 10.9. The minimum atomic E-state index is -2.77. The van der Waals surface area contributed by atoms with Crippen molar-refractivity contribution >= 4 is 9.84 Å². The standard InChI is InChI=1S/C11H25NO2S/c1-10(2)12-8-7-11(3)6-5-9-15(4,13)14/h10-12H,5-9H2,1-4H3. The van der Waals surface area contributed by atoms with Crippen LogP contribution in [0.5, 0.6) is 0 Å². The van der Waals surface area contributed by atoms with Crippen molar-refractivity contribution in [3.05, 3.63) is 0 Å². The van der Waals surface area contributed by atoms with E-state index in [1.54, 1.807) is 0 Å². The fourth-order valence-corrected chi connectivity index (χ4v) is 2.15. The molecule has 3 nitrogen and oxygen atoms in total. The number of sulfone groups is 1. The van der Waals surface area contributed by atoms with E-state index < -0.39 is 9.84 Å². The lowest BCUT2D eigenvalue weighted by Gasteiger charge is -2.13. The molecular weight excluding hydrogens is 210 g/mol. The second-order valence-corrected chi connectivity index (χ2v) is 7.03. The van der Waals surface area contributed by atoms with E-state index in [0.29, 0.717) is 17.7 Å². The van der Waals surface area contributed by atoms with E-state index in [-0.39, 0.29) is 0 Å². The van der Waals surface area contributed by atoms with Crippen molar-refractivity contribution in [2.24, 2.45) is 5.92 Å². The van der Waals surface area contributed by atoms with E-state index in [2.05, 4.69) is 26.1 Å². The van der Waals surface area contributed by atoms with Gasteiger partial charge >= 0.3 is 0 Å². The summed E-state index contributed by atoms with van der Waals surface area (Å²) in [6.07, 6.45) is 4.23. The van der Waals surface area contributed by atoms with Crippen LogP contribution in [0.2, 0.25) is 0 Å². The third kappa shape index (κ3) is 11.8. The highest BCUT2D eigenvalue weighted by Crippen LogP contribution is 2.10. The first-order chi connectivity index (χ1) is 6.81. The molecule has 1 unspecified atom stereocenters. The summed E-state index contributed by atoms with van der Waals surface area (Å²) in [5, 5.41) is 3.36. The molecule has 1 atom stereocenters. The van der Waals surface area contributed by atoms with Gasteiger partial charge < -0.3 is 5.32 Å². The van der Waals surface area contributed by atoms with Gasteiger partial charge in [-0.15, -0.1) is 0 Å². The van der Waals surface area contributed by atoms with Gasteiger partial charge in [0, 0.05) is 18.1 Å². The fraction of sp³-hybridized carbons (Fsp3) is 1.00. The molecule has 0 bridgehead atoms. The van der Waals surface area contributed by atoms with Crippen molar-refractivity contribution in [1.82, 2.24) is 5.32 Å². The first kappa shape index (κ1) is 14.9. The molecule has 0 fully saturated rings. The van der Waals surface area contributed by atoms with Crippen LogP contribution in [0.1, 0.15) is 40.0 Å². The predicted octanol–water partition coefficient (Wildman–Crippen LogP) is 1.84. The van der Waals surface area contributed by atoms with Crippen LogP contribution in [0.15, 0.2) is 0 Å². The Labute approximate surface area is 94.6 Å². The normalized spacial score (nSPS) is 14.5. The van der Waals surface area contributed by atoms with Gasteiger partial charge in [0.25, 0.3) is 0 Å². The molecule has 0 aliphatic heterocycles. The molecule has 0 spiro atoms. The summed E-state index contributed by atoms with van der Waals surface area (Å²) in [5.74, 6) is 0.938. The number of hydrogen-bond donors (Lipinski definition) is 1. The maximum atomic E-state index is 10.9. The van der Waals surface area contributed by atoms with Gasteiger partial charge in [0.2, 0.25) is 0 Å². The molecule has 1 N–H and O–H groups in total. The predicted molar refractivity (Wildman–Crippen MR) is 65.9 cm³/mol. The molecule has 4 heteroatoms. The Kier molecular flexibility index (Phi) is 7.18. The summed E-state index contributed by atoms with van der Waals surface area (Å²) in [4.78, 5) is 0. The van der Waals surface area contributed by atoms with E-state index in [4.69, 9.17) is 0 Å². The molecular formula is C11H25NO2S. The Morgan fingerprint density at radius 3 is 2.20 bits per heavy atom. The van der Waals surface area contributed by atoms with Crippen LogP contribution in [-0.2, 0) is 9.84 Å². The van der Waals surface area contributed by atoms with Gasteiger partial charge in [-0.2, -0.15) is 0 Å². The third-order valence-electron chi connectivity index (χ3n) is 2.40. The number of nitrogens with one attached hydrogen (secondary N) is 1. The molecule has 0 aliphatic rings. The van der Waals surface area contributed by atoms with Crippen LogP contribution >= 0.6 is 0 Å². The van der Waals surface area contributed by atoms with Crippen molar-refractivity contribution in [2.75, 3.05) is 18.6 Å². The lowest BCUT2D eigenvalue weighted by atomic mass is 10.0. The Balaban J connectivity index is 3.45. The van der Waals surface area contributed by atoms with Gasteiger partial charge in [0.15, 0.2) is 0 Å². The molecule has 92 valence electrons. The first-order valence-corrected chi connectivity index (χ1v) is 7.78. The zero-order valence-electron chi connectivity index (χ0n) is 10.4. The average molecular weight is 235 g/mol. The summed E-state index contributed by atoms with van der Waals surface area (Å²) in [5.41, 5.74) is 0. The van der Waals surface area contributed by atoms with E-state index in [1.165, 1.54) is 6.26 Å². The van der Waals surface area contributed by atoms with Crippen LogP contribution in [-0.4, -0.2) is 33.0 Å². The minimum absolute atomic E-state index is 0.328. The Morgan fingerprint density at radius 2 is 1.73 bits per heavy atom. The molecule has 0 heterocycles. The van der Waals surface area contributed by atoms with Crippen molar-refractivity contribution in [3.8, 4) is 0 Å². The van der Waals surface area contributed by atoms with Gasteiger partial charge in [-0.05, 0) is 31.7 Å². The summed E-state index contributed by atoms with van der Waals surface area (Å²) >= 11 is 0. The molecule has 0 aromatic rings. The smallest absolute Gasteiger partial charge is 0.147 e. The quantitative estimate of drug-likeness (QED) is 0.698. The highest BCUT2D eigenvalue weighted by atomic mass is 32.2. The molecule has 0 saturated heterocycles. The van der Waals surface area contributed by atoms with E-state index in [1.807, 2.05) is 0 Å². The number of hydrogen-bond acceptors (Lipinski definition) is 3. The van der Waals surface area contributed by atoms with Gasteiger partial charge in [0.1, 0.15) is 9.84 Å². The number of rotatable bonds is 8. The van der Waals surface area contributed by atoms with Crippen molar-refractivity contribution in [2.45, 2.75) is 46.1 Å². The monoisotopic (exact) mass is 235 g/mol. The van der Waals surface area contributed by atoms with Gasteiger partial charge in [-0.1, -0.05) is 20.8 Å². The molecule has 0 aromatic carbocycles. The Morgan fingerprint density at radius 1 is 1.13 bits per heavy atom. The van der Waals surface area contributed by atoms with Crippen molar-refractivity contribution in [1.29, 1.82) is 0 Å². The summed E-state index contributed by atoms with van der Waals surface area (Å²) in [6.45, 7) is 7.48. The maximum Gasteiger partial charge on any atom is 0.147 e. The SMILES string of the molecule is CC(CCCS(C)(=O)=O)CCNC(C)C. The van der Waals surface area contributed by atoms with E-state index in [0.717, 1.165) is 25.8 Å². The van der Waals surface area contributed by atoms with Gasteiger partial charge in [-0.25, -0.2) is 8.42 Å². The van der Waals surface area contributed by atoms with Crippen molar-refractivity contribution < 1.29 is 8.42 Å². The van der Waals surface area contributed by atoms with Crippen molar-refractivity contribution in [3.63, 3.8) is 0 Å². The Bertz CT molecular complexity index is 247. The topological polar surface area (TPSA) is 46.2 Å². The lowest BCUT2D eigenvalue weighted by Crippen LogP contribution is -2.25. The van der Waals surface area contributed by atoms with Gasteiger partial charge in [0.05, 0.1) is 0 Å². The Hall–Kier alpha value is -0.0900. The largest absolute Gasteiger partial charge is 0.315 e. The van der Waals surface area contributed by atoms with Crippen LogP contribution in [0.25, 0.3) is 0 Å². The second kappa shape index (κ2) is 7.23. The zero-order chi connectivity index (χ0) is 11.9. The molecule has 0 aromatic heterocycles. The first-order valence-electron chi connectivity index (χ1n) is 5.72. The highest BCUT2D eigenvalue weighted by Gasteiger charge is 2.06. The fourth-order valence-electron chi connectivity index (χ4n) is 1.46. The molecule has 0 radical (unpaired) electrons. The minimum Gasteiger partial charge on any atom is -0.315 e. The highest BCUT2D eigenvalue weighted by molar-refractivity contribution is 7.90. The lowest BCUT2D eigenvalue weighted by molar-refractivity contribution is 0.449. The second-order valence-electron chi connectivity index (χ2n) is 4.77. The zero-order valence-corrected chi connectivity index (χ0v) is 11.2. The van der Waals surface area contributed by atoms with E-state index >= 15 is 0 Å². The average Bonchev–Trinajstić information content (AvgIpc) is 2.00. The van der Waals surface area contributed by atoms with Crippen LogP contribution in [0.3, 0.4) is 0 Å². The van der Waals surface area contributed by atoms with Crippen LogP contribution in [0, 0.1) is 5.92 Å². The van der Waals surface area contributed by atoms with Gasteiger partial charge in [-0.3, -0.25) is 0 Å². The van der Waals surface area contributed by atoms with Crippen LogP contribution in [0.4, 0.5) is 0 Å². The summed E-state index contributed by atoms with van der Waals surface area (Å²) in [6, 6.07) is 0.535. The summed E-state index contributed by atoms with van der Waals surface area (Å²) in [7, 11) is -2.77.